The van der Waals surface area contributed by atoms with Crippen molar-refractivity contribution >= 4 is 11.9 Å². The molecule has 2 aliphatic rings. The summed E-state index contributed by atoms with van der Waals surface area (Å²) in [6.45, 7) is 4.22. The fourth-order valence-corrected chi connectivity index (χ4v) is 3.04. The number of carbonyl (C=O) groups excluding carboxylic acids is 1. The molecule has 1 saturated heterocycles. The fraction of sp³-hybridized carbons (Fsp3) is 0.692. The first kappa shape index (κ1) is 12.1. The zero-order chi connectivity index (χ0) is 12.5. The zero-order valence-corrected chi connectivity index (χ0v) is 10.0. The van der Waals surface area contributed by atoms with E-state index in [-0.39, 0.29) is 11.8 Å². The molecule has 2 rings (SSSR count). The molecule has 1 heterocycles. The van der Waals surface area contributed by atoms with Crippen LogP contribution in [0.4, 0.5) is 0 Å². The van der Waals surface area contributed by atoms with E-state index in [9.17, 15) is 14.7 Å². The summed E-state index contributed by atoms with van der Waals surface area (Å²) in [7, 11) is 0. The smallest absolute Gasteiger partial charge is 0.329 e. The van der Waals surface area contributed by atoms with Crippen LogP contribution in [0.1, 0.15) is 38.5 Å². The van der Waals surface area contributed by atoms with Crippen molar-refractivity contribution in [3.8, 4) is 0 Å². The van der Waals surface area contributed by atoms with E-state index in [2.05, 4.69) is 6.58 Å². The molecule has 1 unspecified atom stereocenters. The van der Waals surface area contributed by atoms with E-state index in [1.54, 1.807) is 11.0 Å². The van der Waals surface area contributed by atoms with Crippen molar-refractivity contribution < 1.29 is 14.7 Å². The standard InChI is InChI=1S/C13H19NO3/c1-2-10-8-11(15)14(9-10)13(12(16)17)6-4-3-5-7-13/h2,10H,1,3-9H2,(H,16,17). The molecule has 0 spiro atoms. The molecule has 0 aromatic carbocycles. The first-order valence-corrected chi connectivity index (χ1v) is 6.26. The van der Waals surface area contributed by atoms with Crippen molar-refractivity contribution in [2.75, 3.05) is 6.54 Å². The van der Waals surface area contributed by atoms with Gasteiger partial charge < -0.3 is 10.0 Å². The van der Waals surface area contributed by atoms with Gasteiger partial charge >= 0.3 is 5.97 Å². The van der Waals surface area contributed by atoms with E-state index in [0.29, 0.717) is 25.8 Å². The lowest BCUT2D eigenvalue weighted by Gasteiger charge is -2.41. The van der Waals surface area contributed by atoms with Crippen molar-refractivity contribution in [1.29, 1.82) is 0 Å². The molecule has 1 aliphatic heterocycles. The molecule has 1 atom stereocenters. The molecule has 4 nitrogen and oxygen atoms in total. The number of nitrogens with zero attached hydrogens (tertiary/aromatic N) is 1. The Morgan fingerprint density at radius 1 is 1.41 bits per heavy atom. The summed E-state index contributed by atoms with van der Waals surface area (Å²) >= 11 is 0. The Labute approximate surface area is 101 Å². The molecule has 0 radical (unpaired) electrons. The lowest BCUT2D eigenvalue weighted by Crippen LogP contribution is -2.56. The highest BCUT2D eigenvalue weighted by Gasteiger charge is 2.49. The van der Waals surface area contributed by atoms with Crippen LogP contribution in [-0.4, -0.2) is 34.0 Å². The molecule has 0 aromatic heterocycles. The lowest BCUT2D eigenvalue weighted by molar-refractivity contribution is -0.159. The molecule has 0 bridgehead atoms. The van der Waals surface area contributed by atoms with Crippen LogP contribution >= 0.6 is 0 Å². The van der Waals surface area contributed by atoms with Gasteiger partial charge in [0.25, 0.3) is 0 Å². The van der Waals surface area contributed by atoms with Crippen molar-refractivity contribution in [3.05, 3.63) is 12.7 Å². The molecular formula is C13H19NO3. The van der Waals surface area contributed by atoms with Crippen LogP contribution < -0.4 is 0 Å². The van der Waals surface area contributed by atoms with E-state index >= 15 is 0 Å². The minimum atomic E-state index is -0.937. The van der Waals surface area contributed by atoms with Crippen LogP contribution in [-0.2, 0) is 9.59 Å². The highest BCUT2D eigenvalue weighted by molar-refractivity contribution is 5.88. The number of hydrogen-bond acceptors (Lipinski definition) is 2. The Hall–Kier alpha value is -1.32. The summed E-state index contributed by atoms with van der Waals surface area (Å²) in [6, 6.07) is 0. The maximum Gasteiger partial charge on any atom is 0.329 e. The second-order valence-electron chi connectivity index (χ2n) is 5.10. The van der Waals surface area contributed by atoms with Gasteiger partial charge in [0, 0.05) is 18.9 Å². The van der Waals surface area contributed by atoms with Gasteiger partial charge in [-0.3, -0.25) is 4.79 Å². The first-order chi connectivity index (χ1) is 8.10. The van der Waals surface area contributed by atoms with E-state index in [1.807, 2.05) is 0 Å². The summed E-state index contributed by atoms with van der Waals surface area (Å²) in [5.74, 6) is -0.755. The summed E-state index contributed by atoms with van der Waals surface area (Å²) in [5, 5.41) is 9.51. The van der Waals surface area contributed by atoms with Crippen LogP contribution in [0.25, 0.3) is 0 Å². The Kier molecular flexibility index (Phi) is 3.22. The number of carboxylic acids is 1. The van der Waals surface area contributed by atoms with Crippen molar-refractivity contribution in [3.63, 3.8) is 0 Å². The van der Waals surface area contributed by atoms with Crippen LogP contribution in [0.15, 0.2) is 12.7 Å². The van der Waals surface area contributed by atoms with Crippen molar-refractivity contribution in [2.45, 2.75) is 44.1 Å². The van der Waals surface area contributed by atoms with Crippen LogP contribution in [0.2, 0.25) is 0 Å². The third-order valence-electron chi connectivity index (χ3n) is 4.08. The van der Waals surface area contributed by atoms with Gasteiger partial charge in [-0.15, -0.1) is 6.58 Å². The number of amides is 1. The number of carbonyl (C=O) groups is 2. The molecular weight excluding hydrogens is 218 g/mol. The van der Waals surface area contributed by atoms with Gasteiger partial charge in [0.15, 0.2) is 0 Å². The molecule has 1 amide bonds. The average Bonchev–Trinajstić information content (AvgIpc) is 2.71. The van der Waals surface area contributed by atoms with Gasteiger partial charge in [-0.2, -0.15) is 0 Å². The number of likely N-dealkylation sites (tertiary alicyclic amines) is 1. The van der Waals surface area contributed by atoms with Crippen LogP contribution in [0.3, 0.4) is 0 Å². The minimum Gasteiger partial charge on any atom is -0.479 e. The number of rotatable bonds is 3. The molecule has 0 aromatic rings. The normalized spacial score (nSPS) is 28.1. The maximum atomic E-state index is 12.0. The maximum absolute atomic E-state index is 12.0. The molecule has 1 aliphatic carbocycles. The quantitative estimate of drug-likeness (QED) is 0.761. The summed E-state index contributed by atoms with van der Waals surface area (Å²) in [5.41, 5.74) is -0.937. The summed E-state index contributed by atoms with van der Waals surface area (Å²) in [4.78, 5) is 25.1. The van der Waals surface area contributed by atoms with Crippen LogP contribution in [0.5, 0.6) is 0 Å². The molecule has 1 N–H and O–H groups in total. The minimum absolute atomic E-state index is 0.0285. The monoisotopic (exact) mass is 237 g/mol. The summed E-state index contributed by atoms with van der Waals surface area (Å²) in [6.07, 6.45) is 6.23. The predicted molar refractivity (Wildman–Crippen MR) is 63.5 cm³/mol. The highest BCUT2D eigenvalue weighted by atomic mass is 16.4. The van der Waals surface area contributed by atoms with Crippen LogP contribution in [0, 0.1) is 5.92 Å². The Bertz CT molecular complexity index is 345. The number of aliphatic carboxylic acids is 1. The lowest BCUT2D eigenvalue weighted by atomic mass is 9.80. The van der Waals surface area contributed by atoms with Gasteiger partial charge in [0.2, 0.25) is 5.91 Å². The zero-order valence-electron chi connectivity index (χ0n) is 10.0. The van der Waals surface area contributed by atoms with E-state index in [1.165, 1.54) is 0 Å². The molecule has 1 saturated carbocycles. The van der Waals surface area contributed by atoms with Gasteiger partial charge in [0.05, 0.1) is 0 Å². The molecule has 2 fully saturated rings. The Balaban J connectivity index is 2.24. The Morgan fingerprint density at radius 3 is 2.53 bits per heavy atom. The largest absolute Gasteiger partial charge is 0.479 e. The SMILES string of the molecule is C=CC1CC(=O)N(C2(C(=O)O)CCCCC2)C1. The third kappa shape index (κ3) is 1.96. The van der Waals surface area contributed by atoms with Crippen molar-refractivity contribution in [1.82, 2.24) is 4.90 Å². The van der Waals surface area contributed by atoms with Gasteiger partial charge in [-0.25, -0.2) is 4.79 Å². The van der Waals surface area contributed by atoms with Crippen molar-refractivity contribution in [2.24, 2.45) is 5.92 Å². The second-order valence-corrected chi connectivity index (χ2v) is 5.10. The first-order valence-electron chi connectivity index (χ1n) is 6.26. The van der Waals surface area contributed by atoms with Gasteiger partial charge in [-0.05, 0) is 12.8 Å². The van der Waals surface area contributed by atoms with E-state index in [0.717, 1.165) is 19.3 Å². The molecule has 17 heavy (non-hydrogen) atoms. The Morgan fingerprint density at radius 2 is 2.06 bits per heavy atom. The average molecular weight is 237 g/mol. The van der Waals surface area contributed by atoms with Gasteiger partial charge in [0.1, 0.15) is 5.54 Å². The van der Waals surface area contributed by atoms with E-state index < -0.39 is 11.5 Å². The third-order valence-corrected chi connectivity index (χ3v) is 4.08. The topological polar surface area (TPSA) is 57.6 Å². The second kappa shape index (κ2) is 4.51. The molecule has 4 heteroatoms. The fourth-order valence-electron chi connectivity index (χ4n) is 3.04. The number of carboxylic acid groups (broad SMARTS) is 1. The summed E-state index contributed by atoms with van der Waals surface area (Å²) < 4.78 is 0. The number of hydrogen-bond donors (Lipinski definition) is 1. The molecule has 94 valence electrons. The van der Waals surface area contributed by atoms with Gasteiger partial charge in [-0.1, -0.05) is 25.3 Å². The van der Waals surface area contributed by atoms with E-state index in [4.69, 9.17) is 0 Å². The highest BCUT2D eigenvalue weighted by Crippen LogP contribution is 2.38. The predicted octanol–water partition coefficient (Wildman–Crippen LogP) is 1.81.